The zero-order chi connectivity index (χ0) is 14.7. The SMILES string of the molecule is CC(C)CC(C)CC(CC(C)C)C(C)C.CCC. The molecule has 0 aromatic heterocycles. The Morgan fingerprint density at radius 2 is 1.00 bits per heavy atom. The van der Waals surface area contributed by atoms with Crippen molar-refractivity contribution in [2.24, 2.45) is 29.6 Å². The first kappa shape index (κ1) is 20.3. The highest BCUT2D eigenvalue weighted by Crippen LogP contribution is 2.29. The molecule has 0 aliphatic rings. The predicted molar refractivity (Wildman–Crippen MR) is 87.0 cm³/mol. The summed E-state index contributed by atoms with van der Waals surface area (Å²) in [4.78, 5) is 0. The minimum atomic E-state index is 0.849. The molecular weight excluding hydrogens is 216 g/mol. The van der Waals surface area contributed by atoms with Gasteiger partial charge in [-0.1, -0.05) is 68.7 Å². The first-order valence-corrected chi connectivity index (χ1v) is 8.24. The van der Waals surface area contributed by atoms with E-state index in [4.69, 9.17) is 0 Å². The number of hydrogen-bond acceptors (Lipinski definition) is 0. The second-order valence-corrected chi connectivity index (χ2v) is 7.31. The van der Waals surface area contributed by atoms with Crippen molar-refractivity contribution in [1.29, 1.82) is 0 Å². The van der Waals surface area contributed by atoms with Crippen molar-refractivity contribution < 1.29 is 0 Å². The Balaban J connectivity index is 0. The third-order valence-corrected chi connectivity index (χ3v) is 3.30. The fraction of sp³-hybridized carbons (Fsp3) is 1.00. The zero-order valence-corrected chi connectivity index (χ0v) is 14.7. The summed E-state index contributed by atoms with van der Waals surface area (Å²) >= 11 is 0. The molecule has 0 nitrogen and oxygen atoms in total. The number of rotatable bonds is 7. The highest BCUT2D eigenvalue weighted by molar-refractivity contribution is 4.69. The minimum Gasteiger partial charge on any atom is -0.0656 e. The van der Waals surface area contributed by atoms with Crippen LogP contribution in [-0.2, 0) is 0 Å². The summed E-state index contributed by atoms with van der Waals surface area (Å²) < 4.78 is 0. The van der Waals surface area contributed by atoms with Crippen LogP contribution in [0.5, 0.6) is 0 Å². The smallest absolute Gasteiger partial charge is 0.0386 e. The Hall–Kier alpha value is 0. The second kappa shape index (κ2) is 12.1. The van der Waals surface area contributed by atoms with Crippen molar-refractivity contribution in [3.63, 3.8) is 0 Å². The molecule has 0 fully saturated rings. The van der Waals surface area contributed by atoms with Gasteiger partial charge in [0.2, 0.25) is 0 Å². The molecule has 0 radical (unpaired) electrons. The van der Waals surface area contributed by atoms with E-state index in [-0.39, 0.29) is 0 Å². The van der Waals surface area contributed by atoms with Crippen LogP contribution in [0.4, 0.5) is 0 Å². The van der Waals surface area contributed by atoms with E-state index >= 15 is 0 Å². The monoisotopic (exact) mass is 256 g/mol. The zero-order valence-electron chi connectivity index (χ0n) is 14.7. The molecule has 112 valence electrons. The van der Waals surface area contributed by atoms with E-state index in [0.717, 1.165) is 29.6 Å². The topological polar surface area (TPSA) is 0 Å². The van der Waals surface area contributed by atoms with Crippen LogP contribution >= 0.6 is 0 Å². The van der Waals surface area contributed by atoms with Crippen LogP contribution in [0.3, 0.4) is 0 Å². The Kier molecular flexibility index (Phi) is 13.6. The Morgan fingerprint density at radius 1 is 0.611 bits per heavy atom. The highest BCUT2D eigenvalue weighted by Gasteiger charge is 2.18. The van der Waals surface area contributed by atoms with Gasteiger partial charge in [0.05, 0.1) is 0 Å². The van der Waals surface area contributed by atoms with Crippen LogP contribution in [-0.4, -0.2) is 0 Å². The van der Waals surface area contributed by atoms with Gasteiger partial charge in [0.1, 0.15) is 0 Å². The molecule has 0 aliphatic heterocycles. The maximum Gasteiger partial charge on any atom is -0.0386 e. The lowest BCUT2D eigenvalue weighted by molar-refractivity contribution is 0.245. The molecule has 0 aromatic carbocycles. The first-order valence-electron chi connectivity index (χ1n) is 8.24. The lowest BCUT2D eigenvalue weighted by Crippen LogP contribution is -2.16. The van der Waals surface area contributed by atoms with Crippen LogP contribution in [0.15, 0.2) is 0 Å². The summed E-state index contributed by atoms with van der Waals surface area (Å²) in [6.07, 6.45) is 5.47. The molecule has 0 N–H and O–H groups in total. The van der Waals surface area contributed by atoms with E-state index in [1.165, 1.54) is 25.7 Å². The largest absolute Gasteiger partial charge is 0.0656 e. The summed E-state index contributed by atoms with van der Waals surface area (Å²) in [6.45, 7) is 20.8. The summed E-state index contributed by atoms with van der Waals surface area (Å²) in [5.74, 6) is 4.38. The van der Waals surface area contributed by atoms with E-state index in [9.17, 15) is 0 Å². The van der Waals surface area contributed by atoms with Gasteiger partial charge >= 0.3 is 0 Å². The van der Waals surface area contributed by atoms with Crippen molar-refractivity contribution in [3.8, 4) is 0 Å². The van der Waals surface area contributed by atoms with E-state index in [2.05, 4.69) is 62.3 Å². The van der Waals surface area contributed by atoms with Crippen LogP contribution in [0, 0.1) is 29.6 Å². The summed E-state index contributed by atoms with van der Waals surface area (Å²) in [7, 11) is 0. The lowest BCUT2D eigenvalue weighted by Gasteiger charge is -2.26. The van der Waals surface area contributed by atoms with Crippen molar-refractivity contribution in [2.45, 2.75) is 88.0 Å². The average molecular weight is 257 g/mol. The summed E-state index contributed by atoms with van der Waals surface area (Å²) in [6, 6.07) is 0. The van der Waals surface area contributed by atoms with Crippen LogP contribution < -0.4 is 0 Å². The molecule has 0 spiro atoms. The molecule has 0 aromatic rings. The Bertz CT molecular complexity index is 155. The third kappa shape index (κ3) is 14.1. The van der Waals surface area contributed by atoms with Gasteiger partial charge in [0.15, 0.2) is 0 Å². The third-order valence-electron chi connectivity index (χ3n) is 3.30. The van der Waals surface area contributed by atoms with Gasteiger partial charge in [0, 0.05) is 0 Å². The van der Waals surface area contributed by atoms with Gasteiger partial charge in [-0.25, -0.2) is 0 Å². The maximum absolute atomic E-state index is 2.43. The molecule has 18 heavy (non-hydrogen) atoms. The normalized spacial score (nSPS) is 14.7. The quantitative estimate of drug-likeness (QED) is 0.470. The van der Waals surface area contributed by atoms with Crippen molar-refractivity contribution in [1.82, 2.24) is 0 Å². The fourth-order valence-corrected chi connectivity index (χ4v) is 2.66. The Morgan fingerprint density at radius 3 is 1.28 bits per heavy atom. The average Bonchev–Trinajstić information content (AvgIpc) is 2.15. The van der Waals surface area contributed by atoms with Crippen molar-refractivity contribution in [2.75, 3.05) is 0 Å². The van der Waals surface area contributed by atoms with Gasteiger partial charge in [-0.15, -0.1) is 0 Å². The van der Waals surface area contributed by atoms with Gasteiger partial charge in [-0.3, -0.25) is 0 Å². The van der Waals surface area contributed by atoms with Gasteiger partial charge < -0.3 is 0 Å². The van der Waals surface area contributed by atoms with Crippen LogP contribution in [0.1, 0.15) is 88.0 Å². The predicted octanol–water partition coefficient (Wildman–Crippen LogP) is 6.79. The second-order valence-electron chi connectivity index (χ2n) is 7.31. The molecule has 0 heteroatoms. The standard InChI is InChI=1S/C15H32.C3H8/c1-11(2)8-14(7)10-15(13(5)6)9-12(3)4;1-3-2/h11-15H,8-10H2,1-7H3;3H2,1-2H3. The molecule has 0 amide bonds. The molecule has 0 saturated carbocycles. The minimum absolute atomic E-state index is 0.849. The molecule has 0 aliphatic carbocycles. The molecule has 2 unspecified atom stereocenters. The van der Waals surface area contributed by atoms with E-state index in [0.29, 0.717) is 0 Å². The number of hydrogen-bond donors (Lipinski definition) is 0. The van der Waals surface area contributed by atoms with E-state index in [1.807, 2.05) is 0 Å². The molecule has 0 bridgehead atoms. The van der Waals surface area contributed by atoms with Crippen LogP contribution in [0.2, 0.25) is 0 Å². The van der Waals surface area contributed by atoms with E-state index < -0.39 is 0 Å². The fourth-order valence-electron chi connectivity index (χ4n) is 2.66. The molecule has 0 saturated heterocycles. The highest BCUT2D eigenvalue weighted by atomic mass is 14.2. The van der Waals surface area contributed by atoms with E-state index in [1.54, 1.807) is 0 Å². The van der Waals surface area contributed by atoms with Gasteiger partial charge in [-0.2, -0.15) is 0 Å². The van der Waals surface area contributed by atoms with Gasteiger partial charge in [0.25, 0.3) is 0 Å². The van der Waals surface area contributed by atoms with Gasteiger partial charge in [-0.05, 0) is 48.9 Å². The molecule has 0 heterocycles. The molecular formula is C18H40. The molecule has 2 atom stereocenters. The maximum atomic E-state index is 2.43. The van der Waals surface area contributed by atoms with Crippen LogP contribution in [0.25, 0.3) is 0 Å². The first-order chi connectivity index (χ1) is 8.24. The lowest BCUT2D eigenvalue weighted by atomic mass is 9.79. The van der Waals surface area contributed by atoms with Crippen molar-refractivity contribution in [3.05, 3.63) is 0 Å². The van der Waals surface area contributed by atoms with Crippen molar-refractivity contribution >= 4 is 0 Å². The molecule has 0 rings (SSSR count). The summed E-state index contributed by atoms with van der Waals surface area (Å²) in [5.41, 5.74) is 0. The summed E-state index contributed by atoms with van der Waals surface area (Å²) in [5, 5.41) is 0. The Labute approximate surface area is 118 Å².